The second-order valence-corrected chi connectivity index (χ2v) is 4.13. The van der Waals surface area contributed by atoms with Crippen LogP contribution in [0.1, 0.15) is 0 Å². The molecule has 0 fully saturated rings. The summed E-state index contributed by atoms with van der Waals surface area (Å²) in [6, 6.07) is -1.44. The van der Waals surface area contributed by atoms with Gasteiger partial charge in [-0.15, -0.1) is 0 Å². The van der Waals surface area contributed by atoms with Gasteiger partial charge in [0.1, 0.15) is 6.04 Å². The lowest BCUT2D eigenvalue weighted by Gasteiger charge is -2.07. The Morgan fingerprint density at radius 2 is 2.23 bits per heavy atom. The molecule has 13 heavy (non-hydrogen) atoms. The van der Waals surface area contributed by atoms with E-state index in [1.807, 2.05) is 4.72 Å². The number of carbonyl (C=O) groups is 1. The van der Waals surface area contributed by atoms with Crippen molar-refractivity contribution in [2.45, 2.75) is 6.04 Å². The van der Waals surface area contributed by atoms with Gasteiger partial charge in [0.15, 0.2) is 0 Å². The minimum absolute atomic E-state index is 0.158. The number of sulfonamides is 1. The Labute approximate surface area is 75.5 Å². The van der Waals surface area contributed by atoms with Crippen molar-refractivity contribution in [2.75, 3.05) is 12.3 Å². The summed E-state index contributed by atoms with van der Waals surface area (Å²) >= 11 is 0. The Morgan fingerprint density at radius 3 is 2.62 bits per heavy atom. The van der Waals surface area contributed by atoms with E-state index < -0.39 is 27.8 Å². The summed E-state index contributed by atoms with van der Waals surface area (Å²) < 4.78 is 23.9. The molecule has 76 valence electrons. The highest BCUT2D eigenvalue weighted by atomic mass is 32.2. The van der Waals surface area contributed by atoms with Crippen molar-refractivity contribution in [3.63, 3.8) is 0 Å². The molecule has 0 rings (SSSR count). The molecule has 7 nitrogen and oxygen atoms in total. The van der Waals surface area contributed by atoms with Gasteiger partial charge in [-0.05, 0) is 0 Å². The van der Waals surface area contributed by atoms with Crippen LogP contribution in [0.5, 0.6) is 0 Å². The Balaban J connectivity index is 4.17. The van der Waals surface area contributed by atoms with Crippen molar-refractivity contribution < 1.29 is 18.3 Å². The summed E-state index contributed by atoms with van der Waals surface area (Å²) in [6.07, 6.45) is 0.851. The molecule has 0 aliphatic heterocycles. The van der Waals surface area contributed by atoms with Crippen LogP contribution in [0.2, 0.25) is 0 Å². The standard InChI is InChI=1S/C5H11N3O4S/c6-1-2-8-13(11,12)3-4(7)5(9)10/h1,4,6,8H,2-3,7H2,(H,9,10)/t4-/m0/s1. The molecular formula is C5H11N3O4S. The third-order valence-electron chi connectivity index (χ3n) is 1.12. The molecule has 0 heterocycles. The number of rotatable bonds is 6. The van der Waals surface area contributed by atoms with Crippen LogP contribution in [0.15, 0.2) is 0 Å². The smallest absolute Gasteiger partial charge is 0.321 e. The van der Waals surface area contributed by atoms with E-state index in [9.17, 15) is 13.2 Å². The van der Waals surface area contributed by atoms with Crippen LogP contribution in [0.25, 0.3) is 0 Å². The van der Waals surface area contributed by atoms with Crippen LogP contribution in [-0.4, -0.2) is 44.0 Å². The second kappa shape index (κ2) is 4.90. The van der Waals surface area contributed by atoms with Gasteiger partial charge in [0.2, 0.25) is 10.0 Å². The van der Waals surface area contributed by atoms with Crippen molar-refractivity contribution in [2.24, 2.45) is 5.73 Å². The molecule has 0 amide bonds. The van der Waals surface area contributed by atoms with Crippen molar-refractivity contribution in [1.29, 1.82) is 5.41 Å². The van der Waals surface area contributed by atoms with Gasteiger partial charge in [-0.2, -0.15) is 0 Å². The van der Waals surface area contributed by atoms with Crippen LogP contribution in [0.3, 0.4) is 0 Å². The molecule has 1 atom stereocenters. The van der Waals surface area contributed by atoms with E-state index >= 15 is 0 Å². The zero-order chi connectivity index (χ0) is 10.5. The van der Waals surface area contributed by atoms with Crippen LogP contribution in [0.4, 0.5) is 0 Å². The fraction of sp³-hybridized carbons (Fsp3) is 0.600. The minimum atomic E-state index is -3.70. The van der Waals surface area contributed by atoms with E-state index in [-0.39, 0.29) is 6.54 Å². The molecule has 0 radical (unpaired) electrons. The lowest BCUT2D eigenvalue weighted by molar-refractivity contribution is -0.137. The molecule has 0 saturated heterocycles. The normalized spacial score (nSPS) is 13.6. The van der Waals surface area contributed by atoms with Crippen LogP contribution in [-0.2, 0) is 14.8 Å². The van der Waals surface area contributed by atoms with E-state index in [4.69, 9.17) is 16.2 Å². The third kappa shape index (κ3) is 5.28. The van der Waals surface area contributed by atoms with Crippen molar-refractivity contribution >= 4 is 22.2 Å². The van der Waals surface area contributed by atoms with Gasteiger partial charge < -0.3 is 16.2 Å². The van der Waals surface area contributed by atoms with Gasteiger partial charge in [-0.3, -0.25) is 4.79 Å². The Morgan fingerprint density at radius 1 is 1.69 bits per heavy atom. The van der Waals surface area contributed by atoms with E-state index in [2.05, 4.69) is 0 Å². The van der Waals surface area contributed by atoms with Crippen LogP contribution < -0.4 is 10.5 Å². The molecule has 0 bridgehead atoms. The first-order chi connectivity index (χ1) is 5.89. The highest BCUT2D eigenvalue weighted by molar-refractivity contribution is 7.89. The maximum absolute atomic E-state index is 10.9. The Hall–Kier alpha value is -0.990. The lowest BCUT2D eigenvalue weighted by Crippen LogP contribution is -2.41. The van der Waals surface area contributed by atoms with Gasteiger partial charge in [0.25, 0.3) is 0 Å². The SMILES string of the molecule is N=CCNS(=O)(=O)C[C@H](N)C(=O)O. The predicted molar refractivity (Wildman–Crippen MR) is 46.2 cm³/mol. The number of carboxylic acids is 1. The van der Waals surface area contributed by atoms with Gasteiger partial charge in [0.05, 0.1) is 5.75 Å². The molecule has 0 aliphatic carbocycles. The molecule has 0 aromatic carbocycles. The summed E-state index contributed by atoms with van der Waals surface area (Å²) in [7, 11) is -3.70. The number of nitrogens with two attached hydrogens (primary N) is 1. The fourth-order valence-electron chi connectivity index (χ4n) is 0.535. The molecule has 5 N–H and O–H groups in total. The zero-order valence-corrected chi connectivity index (χ0v) is 7.54. The molecule has 0 aromatic heterocycles. The van der Waals surface area contributed by atoms with Gasteiger partial charge in [-0.25, -0.2) is 13.1 Å². The summed E-state index contributed by atoms with van der Waals surface area (Å²) in [5.74, 6) is -2.06. The maximum Gasteiger partial charge on any atom is 0.321 e. The van der Waals surface area contributed by atoms with Gasteiger partial charge >= 0.3 is 5.97 Å². The third-order valence-corrected chi connectivity index (χ3v) is 2.53. The van der Waals surface area contributed by atoms with E-state index in [0.29, 0.717) is 0 Å². The first-order valence-electron chi connectivity index (χ1n) is 3.33. The van der Waals surface area contributed by atoms with Crippen molar-refractivity contribution in [1.82, 2.24) is 4.72 Å². The molecule has 0 aromatic rings. The Bertz CT molecular complexity index is 286. The predicted octanol–water partition coefficient (Wildman–Crippen LogP) is -2.03. The highest BCUT2D eigenvalue weighted by Gasteiger charge is 2.20. The van der Waals surface area contributed by atoms with E-state index in [1.54, 1.807) is 0 Å². The average Bonchev–Trinajstić information content (AvgIpc) is 2.00. The molecule has 0 unspecified atom stereocenters. The largest absolute Gasteiger partial charge is 0.480 e. The van der Waals surface area contributed by atoms with E-state index in [0.717, 1.165) is 6.21 Å². The monoisotopic (exact) mass is 209 g/mol. The molecule has 0 aliphatic rings. The number of hydrogen-bond acceptors (Lipinski definition) is 5. The highest BCUT2D eigenvalue weighted by Crippen LogP contribution is 1.88. The van der Waals surface area contributed by atoms with Crippen molar-refractivity contribution in [3.8, 4) is 0 Å². The molecular weight excluding hydrogens is 198 g/mol. The van der Waals surface area contributed by atoms with E-state index in [1.165, 1.54) is 0 Å². The molecule has 0 saturated carbocycles. The average molecular weight is 209 g/mol. The molecule has 8 heteroatoms. The summed E-state index contributed by atoms with van der Waals surface area (Å²) in [5.41, 5.74) is 5.00. The number of aliphatic carboxylic acids is 1. The zero-order valence-electron chi connectivity index (χ0n) is 6.73. The first kappa shape index (κ1) is 12.0. The Kier molecular flexibility index (Phi) is 4.52. The number of nitrogens with one attached hydrogen (secondary N) is 2. The fourth-order valence-corrected chi connectivity index (χ4v) is 1.61. The molecule has 0 spiro atoms. The quantitative estimate of drug-likeness (QED) is 0.374. The minimum Gasteiger partial charge on any atom is -0.480 e. The summed E-state index contributed by atoms with van der Waals surface area (Å²) in [4.78, 5) is 10.2. The summed E-state index contributed by atoms with van der Waals surface area (Å²) in [5, 5.41) is 14.9. The first-order valence-corrected chi connectivity index (χ1v) is 4.99. The van der Waals surface area contributed by atoms with Crippen LogP contribution in [0, 0.1) is 5.41 Å². The maximum atomic E-state index is 10.9. The lowest BCUT2D eigenvalue weighted by atomic mass is 10.4. The van der Waals surface area contributed by atoms with Gasteiger partial charge in [0, 0.05) is 12.8 Å². The number of carboxylic acid groups (broad SMARTS) is 1. The van der Waals surface area contributed by atoms with Crippen molar-refractivity contribution in [3.05, 3.63) is 0 Å². The topological polar surface area (TPSA) is 133 Å². The van der Waals surface area contributed by atoms with Crippen LogP contribution >= 0.6 is 0 Å². The summed E-state index contributed by atoms with van der Waals surface area (Å²) in [6.45, 7) is -0.158. The number of hydrogen-bond donors (Lipinski definition) is 4. The van der Waals surface area contributed by atoms with Gasteiger partial charge in [-0.1, -0.05) is 0 Å². The second-order valence-electron chi connectivity index (χ2n) is 2.28.